The van der Waals surface area contributed by atoms with Crippen LogP contribution >= 0.6 is 15.9 Å². The van der Waals surface area contributed by atoms with E-state index in [4.69, 9.17) is 0 Å². The molecule has 0 amide bonds. The number of unbranched alkanes of at least 4 members (excludes halogenated alkanes) is 1. The van der Waals surface area contributed by atoms with Crippen LogP contribution in [0, 0.1) is 0 Å². The SMILES string of the molecule is CCCCc1ccc2c(Br)cnc(NC)c2c1. The molecule has 2 rings (SSSR count). The molecule has 1 aromatic heterocycles. The van der Waals surface area contributed by atoms with Gasteiger partial charge in [-0.1, -0.05) is 25.5 Å². The number of hydrogen-bond acceptors (Lipinski definition) is 2. The molecule has 1 heterocycles. The minimum atomic E-state index is 0.946. The van der Waals surface area contributed by atoms with Crippen molar-refractivity contribution in [2.75, 3.05) is 12.4 Å². The molecule has 0 radical (unpaired) electrons. The number of anilines is 1. The molecule has 1 N–H and O–H groups in total. The second-order valence-corrected chi connectivity index (χ2v) is 5.04. The predicted molar refractivity (Wildman–Crippen MR) is 77.6 cm³/mol. The summed E-state index contributed by atoms with van der Waals surface area (Å²) in [4.78, 5) is 4.39. The third kappa shape index (κ3) is 2.60. The molecule has 0 aliphatic rings. The first-order valence-electron chi connectivity index (χ1n) is 6.01. The van der Waals surface area contributed by atoms with Crippen LogP contribution in [0.2, 0.25) is 0 Å². The highest BCUT2D eigenvalue weighted by Crippen LogP contribution is 2.29. The lowest BCUT2D eigenvalue weighted by atomic mass is 10.0. The third-order valence-corrected chi connectivity index (χ3v) is 3.59. The fraction of sp³-hybridized carbons (Fsp3) is 0.357. The second-order valence-electron chi connectivity index (χ2n) is 4.19. The summed E-state index contributed by atoms with van der Waals surface area (Å²) in [6.45, 7) is 2.22. The number of hydrogen-bond donors (Lipinski definition) is 1. The van der Waals surface area contributed by atoms with E-state index < -0.39 is 0 Å². The zero-order valence-corrected chi connectivity index (χ0v) is 11.8. The Morgan fingerprint density at radius 1 is 1.29 bits per heavy atom. The maximum atomic E-state index is 4.39. The van der Waals surface area contributed by atoms with E-state index in [-0.39, 0.29) is 0 Å². The lowest BCUT2D eigenvalue weighted by Crippen LogP contribution is -1.95. The number of rotatable bonds is 4. The van der Waals surface area contributed by atoms with Crippen LogP contribution < -0.4 is 5.32 Å². The largest absolute Gasteiger partial charge is 0.373 e. The van der Waals surface area contributed by atoms with Crippen LogP contribution in [-0.4, -0.2) is 12.0 Å². The topological polar surface area (TPSA) is 24.9 Å². The minimum absolute atomic E-state index is 0.946. The van der Waals surface area contributed by atoms with Gasteiger partial charge in [-0.3, -0.25) is 0 Å². The van der Waals surface area contributed by atoms with Gasteiger partial charge in [0.15, 0.2) is 0 Å². The van der Waals surface area contributed by atoms with Gasteiger partial charge in [-0.05, 0) is 40.4 Å². The van der Waals surface area contributed by atoms with Crippen molar-refractivity contribution < 1.29 is 0 Å². The van der Waals surface area contributed by atoms with Crippen LogP contribution in [-0.2, 0) is 6.42 Å². The highest BCUT2D eigenvalue weighted by Gasteiger charge is 2.05. The van der Waals surface area contributed by atoms with Gasteiger partial charge in [0.25, 0.3) is 0 Å². The normalized spacial score (nSPS) is 10.8. The van der Waals surface area contributed by atoms with Gasteiger partial charge in [0.05, 0.1) is 0 Å². The molecule has 0 atom stereocenters. The van der Waals surface area contributed by atoms with Crippen LogP contribution in [0.25, 0.3) is 10.8 Å². The number of halogens is 1. The maximum Gasteiger partial charge on any atom is 0.133 e. The Bertz CT molecular complexity index is 523. The van der Waals surface area contributed by atoms with E-state index in [0.717, 1.165) is 16.7 Å². The van der Waals surface area contributed by atoms with E-state index in [1.54, 1.807) is 0 Å². The van der Waals surface area contributed by atoms with E-state index in [0.29, 0.717) is 0 Å². The average Bonchev–Trinajstić information content (AvgIpc) is 2.37. The van der Waals surface area contributed by atoms with E-state index in [2.05, 4.69) is 51.4 Å². The first-order chi connectivity index (χ1) is 8.26. The van der Waals surface area contributed by atoms with E-state index in [1.807, 2.05) is 13.2 Å². The smallest absolute Gasteiger partial charge is 0.133 e. The van der Waals surface area contributed by atoms with Crippen molar-refractivity contribution >= 4 is 32.5 Å². The maximum absolute atomic E-state index is 4.39. The van der Waals surface area contributed by atoms with Gasteiger partial charge in [-0.2, -0.15) is 0 Å². The van der Waals surface area contributed by atoms with Crippen LogP contribution in [0.5, 0.6) is 0 Å². The van der Waals surface area contributed by atoms with Gasteiger partial charge < -0.3 is 5.32 Å². The highest BCUT2D eigenvalue weighted by molar-refractivity contribution is 9.10. The lowest BCUT2D eigenvalue weighted by Gasteiger charge is -2.08. The molecule has 0 aliphatic carbocycles. The first kappa shape index (κ1) is 12.4. The highest BCUT2D eigenvalue weighted by atomic mass is 79.9. The van der Waals surface area contributed by atoms with Gasteiger partial charge in [0, 0.05) is 28.5 Å². The summed E-state index contributed by atoms with van der Waals surface area (Å²) in [7, 11) is 1.91. The third-order valence-electron chi connectivity index (χ3n) is 2.96. The second kappa shape index (κ2) is 5.50. The van der Waals surface area contributed by atoms with Crippen LogP contribution in [0.3, 0.4) is 0 Å². The van der Waals surface area contributed by atoms with Gasteiger partial charge in [-0.25, -0.2) is 4.98 Å². The average molecular weight is 293 g/mol. The number of aromatic nitrogens is 1. The number of aryl methyl sites for hydroxylation is 1. The molecule has 17 heavy (non-hydrogen) atoms. The number of nitrogens with one attached hydrogen (secondary N) is 1. The first-order valence-corrected chi connectivity index (χ1v) is 6.80. The molecular weight excluding hydrogens is 276 g/mol. The molecule has 0 bridgehead atoms. The fourth-order valence-corrected chi connectivity index (χ4v) is 2.44. The number of nitrogens with zero attached hydrogens (tertiary/aromatic N) is 1. The van der Waals surface area contributed by atoms with Crippen LogP contribution in [0.15, 0.2) is 28.9 Å². The van der Waals surface area contributed by atoms with Crippen molar-refractivity contribution in [1.29, 1.82) is 0 Å². The summed E-state index contributed by atoms with van der Waals surface area (Å²) in [6.07, 6.45) is 5.46. The number of benzene rings is 1. The summed E-state index contributed by atoms with van der Waals surface area (Å²) < 4.78 is 1.05. The van der Waals surface area contributed by atoms with Crippen molar-refractivity contribution in [2.24, 2.45) is 0 Å². The molecular formula is C14H17BrN2. The van der Waals surface area contributed by atoms with E-state index in [1.165, 1.54) is 29.2 Å². The molecule has 2 nitrogen and oxygen atoms in total. The van der Waals surface area contributed by atoms with Gasteiger partial charge in [-0.15, -0.1) is 0 Å². The molecule has 90 valence electrons. The van der Waals surface area contributed by atoms with E-state index >= 15 is 0 Å². The molecule has 0 fully saturated rings. The Morgan fingerprint density at radius 3 is 2.82 bits per heavy atom. The molecule has 0 saturated heterocycles. The van der Waals surface area contributed by atoms with Gasteiger partial charge in [0.1, 0.15) is 5.82 Å². The quantitative estimate of drug-likeness (QED) is 0.904. The molecule has 0 spiro atoms. The zero-order chi connectivity index (χ0) is 12.3. The molecule has 0 saturated carbocycles. The molecule has 0 aliphatic heterocycles. The fourth-order valence-electron chi connectivity index (χ4n) is 1.99. The standard InChI is InChI=1S/C14H17BrN2/c1-3-4-5-10-6-7-11-12(8-10)14(16-2)17-9-13(11)15/h6-9H,3-5H2,1-2H3,(H,16,17). The molecule has 3 heteroatoms. The van der Waals surface area contributed by atoms with Crippen molar-refractivity contribution in [2.45, 2.75) is 26.2 Å². The zero-order valence-electron chi connectivity index (χ0n) is 10.3. The summed E-state index contributed by atoms with van der Waals surface area (Å²) >= 11 is 3.55. The Balaban J connectivity index is 2.50. The van der Waals surface area contributed by atoms with Crippen LogP contribution in [0.4, 0.5) is 5.82 Å². The monoisotopic (exact) mass is 292 g/mol. The molecule has 2 aromatic rings. The predicted octanol–water partition coefficient (Wildman–Crippen LogP) is 4.38. The minimum Gasteiger partial charge on any atom is -0.373 e. The molecule has 1 aromatic carbocycles. The van der Waals surface area contributed by atoms with Crippen molar-refractivity contribution in [3.63, 3.8) is 0 Å². The summed E-state index contributed by atoms with van der Waals surface area (Å²) in [6, 6.07) is 6.63. The van der Waals surface area contributed by atoms with Gasteiger partial charge >= 0.3 is 0 Å². The lowest BCUT2D eigenvalue weighted by molar-refractivity contribution is 0.796. The Morgan fingerprint density at radius 2 is 2.12 bits per heavy atom. The Hall–Kier alpha value is -1.09. The van der Waals surface area contributed by atoms with E-state index in [9.17, 15) is 0 Å². The van der Waals surface area contributed by atoms with Crippen molar-refractivity contribution in [3.05, 3.63) is 34.4 Å². The summed E-state index contributed by atoms with van der Waals surface area (Å²) in [5.74, 6) is 0.946. The van der Waals surface area contributed by atoms with Gasteiger partial charge in [0.2, 0.25) is 0 Å². The Labute approximate surface area is 111 Å². The Kier molecular flexibility index (Phi) is 4.00. The summed E-state index contributed by atoms with van der Waals surface area (Å²) in [5, 5.41) is 5.55. The number of fused-ring (bicyclic) bond motifs is 1. The van der Waals surface area contributed by atoms with Crippen molar-refractivity contribution in [1.82, 2.24) is 4.98 Å². The van der Waals surface area contributed by atoms with Crippen LogP contribution in [0.1, 0.15) is 25.3 Å². The number of pyridine rings is 1. The molecule has 0 unspecified atom stereocenters. The summed E-state index contributed by atoms with van der Waals surface area (Å²) in [5.41, 5.74) is 1.38. The van der Waals surface area contributed by atoms with Crippen molar-refractivity contribution in [3.8, 4) is 0 Å².